The summed E-state index contributed by atoms with van der Waals surface area (Å²) in [5.41, 5.74) is 0.152. The number of para-hydroxylation sites is 1. The van der Waals surface area contributed by atoms with Crippen molar-refractivity contribution in [2.75, 3.05) is 20.3 Å². The number of halogens is 2. The largest absolute Gasteiger partial charge is 0.383 e. The fourth-order valence-corrected chi connectivity index (χ4v) is 4.42. The van der Waals surface area contributed by atoms with Crippen molar-refractivity contribution in [3.8, 4) is 0 Å². The molecule has 0 amide bonds. The van der Waals surface area contributed by atoms with Crippen LogP contribution in [0.3, 0.4) is 0 Å². The van der Waals surface area contributed by atoms with Crippen LogP contribution in [0.2, 0.25) is 10.0 Å². The third-order valence-electron chi connectivity index (χ3n) is 4.06. The van der Waals surface area contributed by atoms with Crippen LogP contribution in [0.4, 0.5) is 0 Å². The number of benzene rings is 2. The molecule has 28 heavy (non-hydrogen) atoms. The molecule has 10 heteroatoms. The first-order valence-electron chi connectivity index (χ1n) is 8.25. The zero-order valence-corrected chi connectivity index (χ0v) is 17.2. The lowest BCUT2D eigenvalue weighted by molar-refractivity contribution is 0.176. The molecule has 0 aliphatic heterocycles. The zero-order valence-electron chi connectivity index (χ0n) is 14.9. The van der Waals surface area contributed by atoms with Crippen molar-refractivity contribution in [3.05, 3.63) is 68.7 Å². The van der Waals surface area contributed by atoms with Gasteiger partial charge in [0.1, 0.15) is 5.82 Å². The van der Waals surface area contributed by atoms with Gasteiger partial charge < -0.3 is 9.72 Å². The first-order valence-corrected chi connectivity index (χ1v) is 10.4. The Balaban J connectivity index is 2.00. The number of hydrogen-bond acceptors (Lipinski definition) is 5. The highest BCUT2D eigenvalue weighted by Crippen LogP contribution is 2.27. The highest BCUT2D eigenvalue weighted by Gasteiger charge is 2.26. The molecule has 0 radical (unpaired) electrons. The van der Waals surface area contributed by atoms with E-state index in [0.717, 1.165) is 0 Å². The fraction of sp³-hybridized carbons (Fsp3) is 0.222. The van der Waals surface area contributed by atoms with Gasteiger partial charge in [0.2, 0.25) is 10.0 Å². The Kier molecular flexibility index (Phi) is 6.36. The zero-order chi connectivity index (χ0) is 20.3. The lowest BCUT2D eigenvalue weighted by atomic mass is 10.2. The molecule has 1 N–H and O–H groups in total. The highest BCUT2D eigenvalue weighted by atomic mass is 35.5. The van der Waals surface area contributed by atoms with Crippen LogP contribution in [-0.4, -0.2) is 43.0 Å². The van der Waals surface area contributed by atoms with Crippen LogP contribution in [0.25, 0.3) is 10.9 Å². The fourth-order valence-electron chi connectivity index (χ4n) is 2.64. The lowest BCUT2D eigenvalue weighted by Gasteiger charge is -2.21. The predicted octanol–water partition coefficient (Wildman–Crippen LogP) is 3.07. The smallest absolute Gasteiger partial charge is 0.258 e. The lowest BCUT2D eigenvalue weighted by Crippen LogP contribution is -2.34. The van der Waals surface area contributed by atoms with Crippen molar-refractivity contribution < 1.29 is 13.2 Å². The molecule has 7 nitrogen and oxygen atoms in total. The second-order valence-electron chi connectivity index (χ2n) is 5.94. The van der Waals surface area contributed by atoms with Gasteiger partial charge in [0.15, 0.2) is 0 Å². The molecule has 0 aliphatic carbocycles. The Hall–Kier alpha value is -1.97. The first-order chi connectivity index (χ1) is 13.3. The molecule has 0 saturated carbocycles. The molecule has 0 fully saturated rings. The Labute approximate surface area is 171 Å². The maximum atomic E-state index is 13.1. The van der Waals surface area contributed by atoms with E-state index >= 15 is 0 Å². The molecular formula is C18H17Cl2N3O4S. The highest BCUT2D eigenvalue weighted by molar-refractivity contribution is 7.89. The molecule has 0 spiro atoms. The summed E-state index contributed by atoms with van der Waals surface area (Å²) in [6.45, 7) is 0.0972. The summed E-state index contributed by atoms with van der Waals surface area (Å²) in [7, 11) is -2.46. The van der Waals surface area contributed by atoms with Crippen LogP contribution in [0.15, 0.2) is 52.2 Å². The van der Waals surface area contributed by atoms with Gasteiger partial charge in [0.05, 0.1) is 39.0 Å². The number of H-pyrrole nitrogens is 1. The number of nitrogens with one attached hydrogen (secondary N) is 1. The van der Waals surface area contributed by atoms with Crippen molar-refractivity contribution >= 4 is 44.1 Å². The van der Waals surface area contributed by atoms with Crippen molar-refractivity contribution in [2.24, 2.45) is 0 Å². The van der Waals surface area contributed by atoms with Gasteiger partial charge in [0, 0.05) is 13.7 Å². The topological polar surface area (TPSA) is 92.4 Å². The maximum absolute atomic E-state index is 13.1. The quantitative estimate of drug-likeness (QED) is 0.607. The molecule has 1 aromatic heterocycles. The summed E-state index contributed by atoms with van der Waals surface area (Å²) in [6.07, 6.45) is 0. The molecule has 3 rings (SSSR count). The van der Waals surface area contributed by atoms with Crippen LogP contribution < -0.4 is 5.56 Å². The Morgan fingerprint density at radius 1 is 1.14 bits per heavy atom. The monoisotopic (exact) mass is 441 g/mol. The van der Waals surface area contributed by atoms with Gasteiger partial charge in [-0.1, -0.05) is 35.3 Å². The van der Waals surface area contributed by atoms with E-state index < -0.39 is 10.0 Å². The van der Waals surface area contributed by atoms with Gasteiger partial charge in [-0.25, -0.2) is 13.4 Å². The van der Waals surface area contributed by atoms with Gasteiger partial charge in [-0.3, -0.25) is 4.79 Å². The summed E-state index contributed by atoms with van der Waals surface area (Å²) >= 11 is 11.9. The van der Waals surface area contributed by atoms with E-state index in [1.165, 1.54) is 29.6 Å². The standard InChI is InChI=1S/C18H17Cl2N3O4S/c1-27-9-8-23(28(25,26)12-6-7-14(19)15(20)10-12)11-17-21-16-5-3-2-4-13(16)18(24)22-17/h2-7,10H,8-9,11H2,1H3,(H,21,22,24). The summed E-state index contributed by atoms with van der Waals surface area (Å²) < 4.78 is 32.4. The van der Waals surface area contributed by atoms with Gasteiger partial charge in [-0.15, -0.1) is 0 Å². The van der Waals surface area contributed by atoms with Crippen molar-refractivity contribution in [2.45, 2.75) is 11.4 Å². The van der Waals surface area contributed by atoms with E-state index in [2.05, 4.69) is 9.97 Å². The molecule has 0 bridgehead atoms. The van der Waals surface area contributed by atoms with Crippen LogP contribution in [0.1, 0.15) is 5.82 Å². The molecule has 148 valence electrons. The molecule has 2 aromatic carbocycles. The minimum atomic E-state index is -3.93. The normalized spacial score (nSPS) is 12.0. The average Bonchev–Trinajstić information content (AvgIpc) is 2.67. The van der Waals surface area contributed by atoms with E-state index in [0.29, 0.717) is 10.9 Å². The number of nitrogens with zero attached hydrogens (tertiary/aromatic N) is 2. The summed E-state index contributed by atoms with van der Waals surface area (Å²) in [6, 6.07) is 10.9. The van der Waals surface area contributed by atoms with Crippen LogP contribution in [0.5, 0.6) is 0 Å². The molecule has 1 heterocycles. The minimum absolute atomic E-state index is 0.0128. The van der Waals surface area contributed by atoms with Gasteiger partial charge in [-0.2, -0.15) is 4.31 Å². The number of sulfonamides is 1. The molecule has 0 unspecified atom stereocenters. The number of hydrogen-bond donors (Lipinski definition) is 1. The minimum Gasteiger partial charge on any atom is -0.383 e. The van der Waals surface area contributed by atoms with Gasteiger partial charge >= 0.3 is 0 Å². The summed E-state index contributed by atoms with van der Waals surface area (Å²) in [5.74, 6) is 0.225. The average molecular weight is 442 g/mol. The molecule has 0 saturated heterocycles. The second kappa shape index (κ2) is 8.59. The van der Waals surface area contributed by atoms with Gasteiger partial charge in [0.25, 0.3) is 5.56 Å². The summed E-state index contributed by atoms with van der Waals surface area (Å²) in [5, 5.41) is 0.818. The van der Waals surface area contributed by atoms with Crippen molar-refractivity contribution in [1.29, 1.82) is 0 Å². The van der Waals surface area contributed by atoms with Crippen molar-refractivity contribution in [3.63, 3.8) is 0 Å². The number of ether oxygens (including phenoxy) is 1. The molecule has 0 atom stereocenters. The first kappa shape index (κ1) is 20.8. The molecular weight excluding hydrogens is 425 g/mol. The van der Waals surface area contributed by atoms with E-state index in [9.17, 15) is 13.2 Å². The van der Waals surface area contributed by atoms with E-state index in [1.54, 1.807) is 24.3 Å². The molecule has 3 aromatic rings. The van der Waals surface area contributed by atoms with Crippen LogP contribution >= 0.6 is 23.2 Å². The Morgan fingerprint density at radius 3 is 2.61 bits per heavy atom. The van der Waals surface area contributed by atoms with Gasteiger partial charge in [-0.05, 0) is 30.3 Å². The predicted molar refractivity (Wildman–Crippen MR) is 108 cm³/mol. The number of methoxy groups -OCH3 is 1. The third kappa shape index (κ3) is 4.37. The summed E-state index contributed by atoms with van der Waals surface area (Å²) in [4.78, 5) is 19.3. The van der Waals surface area contributed by atoms with Crippen molar-refractivity contribution in [1.82, 2.24) is 14.3 Å². The molecule has 0 aliphatic rings. The van der Waals surface area contributed by atoms with E-state index in [-0.39, 0.29) is 46.0 Å². The van der Waals surface area contributed by atoms with E-state index in [4.69, 9.17) is 27.9 Å². The second-order valence-corrected chi connectivity index (χ2v) is 8.69. The van der Waals surface area contributed by atoms with Crippen LogP contribution in [0, 0.1) is 0 Å². The van der Waals surface area contributed by atoms with E-state index in [1.807, 2.05) is 0 Å². The maximum Gasteiger partial charge on any atom is 0.258 e. The Bertz CT molecular complexity index is 1160. The number of fused-ring (bicyclic) bond motifs is 1. The third-order valence-corrected chi connectivity index (χ3v) is 6.64. The Morgan fingerprint density at radius 2 is 1.89 bits per heavy atom. The SMILES string of the molecule is COCCN(Cc1nc2ccccc2c(=O)[nH]1)S(=O)(=O)c1ccc(Cl)c(Cl)c1. The number of aromatic nitrogens is 2. The van der Waals surface area contributed by atoms with Crippen LogP contribution in [-0.2, 0) is 21.3 Å². The number of aromatic amines is 1. The number of rotatable bonds is 7.